The fourth-order valence-corrected chi connectivity index (χ4v) is 2.34. The fourth-order valence-electron chi connectivity index (χ4n) is 2.34. The van der Waals surface area contributed by atoms with E-state index in [1.54, 1.807) is 0 Å². The molecule has 98 valence electrons. The third-order valence-electron chi connectivity index (χ3n) is 3.59. The number of amides is 1. The normalized spacial score (nSPS) is 23.6. The highest BCUT2D eigenvalue weighted by atomic mass is 16.1. The molecule has 1 fully saturated rings. The maximum Gasteiger partial charge on any atom is 0.224 e. The van der Waals surface area contributed by atoms with Gasteiger partial charge in [0.15, 0.2) is 0 Å². The third kappa shape index (κ3) is 3.84. The maximum atomic E-state index is 11.9. The van der Waals surface area contributed by atoms with Crippen molar-refractivity contribution in [2.75, 3.05) is 13.1 Å². The smallest absolute Gasteiger partial charge is 0.224 e. The first kappa shape index (κ1) is 13.1. The largest absolute Gasteiger partial charge is 0.355 e. The minimum Gasteiger partial charge on any atom is -0.355 e. The Morgan fingerprint density at radius 2 is 2.11 bits per heavy atom. The lowest BCUT2D eigenvalue weighted by atomic mass is 9.95. The highest BCUT2D eigenvalue weighted by molar-refractivity contribution is 5.78. The number of hydrogen-bond acceptors (Lipinski definition) is 2. The number of carbonyl (C=O) groups excluding carboxylic acids is 1. The second-order valence-corrected chi connectivity index (χ2v) is 5.11. The fraction of sp³-hybridized carbons (Fsp3) is 0.533. The number of piperidine rings is 1. The Hall–Kier alpha value is -1.35. The lowest BCUT2D eigenvalue weighted by molar-refractivity contribution is -0.125. The first-order valence-corrected chi connectivity index (χ1v) is 6.80. The minimum atomic E-state index is 0.150. The van der Waals surface area contributed by atoms with Crippen LogP contribution in [0.1, 0.15) is 25.3 Å². The van der Waals surface area contributed by atoms with Crippen molar-refractivity contribution < 1.29 is 4.79 Å². The van der Waals surface area contributed by atoms with Gasteiger partial charge < -0.3 is 10.6 Å². The van der Waals surface area contributed by atoms with Crippen LogP contribution in [0.2, 0.25) is 0 Å². The van der Waals surface area contributed by atoms with E-state index in [-0.39, 0.29) is 11.8 Å². The van der Waals surface area contributed by atoms with Crippen LogP contribution in [0.3, 0.4) is 0 Å². The molecular formula is C15H22N2O. The molecule has 1 aromatic rings. The Morgan fingerprint density at radius 1 is 1.33 bits per heavy atom. The summed E-state index contributed by atoms with van der Waals surface area (Å²) in [6.07, 6.45) is 3.01. The first-order valence-electron chi connectivity index (χ1n) is 6.80. The highest BCUT2D eigenvalue weighted by Gasteiger charge is 2.23. The van der Waals surface area contributed by atoms with E-state index in [0.29, 0.717) is 6.04 Å². The number of rotatable bonds is 4. The summed E-state index contributed by atoms with van der Waals surface area (Å²) in [6, 6.07) is 10.8. The van der Waals surface area contributed by atoms with E-state index in [9.17, 15) is 4.79 Å². The van der Waals surface area contributed by atoms with Gasteiger partial charge in [-0.25, -0.2) is 0 Å². The van der Waals surface area contributed by atoms with E-state index >= 15 is 0 Å². The molecular weight excluding hydrogens is 224 g/mol. The summed E-state index contributed by atoms with van der Waals surface area (Å²) in [5.41, 5.74) is 1.27. The molecule has 1 heterocycles. The van der Waals surface area contributed by atoms with Crippen molar-refractivity contribution in [1.29, 1.82) is 0 Å². The van der Waals surface area contributed by atoms with E-state index in [2.05, 4.69) is 29.7 Å². The minimum absolute atomic E-state index is 0.150. The molecule has 1 amide bonds. The molecule has 0 saturated carbocycles. The molecule has 18 heavy (non-hydrogen) atoms. The summed E-state index contributed by atoms with van der Waals surface area (Å²) in [6.45, 7) is 3.72. The standard InChI is InChI=1S/C15H22N2O/c1-12-7-8-14(11-17-12)15(18)16-10-9-13-5-3-2-4-6-13/h2-6,12,14,17H,7-11H2,1H3,(H,16,18). The van der Waals surface area contributed by atoms with E-state index in [1.807, 2.05) is 18.2 Å². The van der Waals surface area contributed by atoms with Gasteiger partial charge in [0.05, 0.1) is 5.92 Å². The van der Waals surface area contributed by atoms with Crippen molar-refractivity contribution in [2.45, 2.75) is 32.2 Å². The first-order chi connectivity index (χ1) is 8.75. The predicted octanol–water partition coefficient (Wildman–Crippen LogP) is 1.73. The quantitative estimate of drug-likeness (QED) is 0.849. The zero-order valence-corrected chi connectivity index (χ0v) is 11.0. The summed E-state index contributed by atoms with van der Waals surface area (Å²) in [5, 5.41) is 6.40. The van der Waals surface area contributed by atoms with Crippen molar-refractivity contribution in [2.24, 2.45) is 5.92 Å². The van der Waals surface area contributed by atoms with Crippen LogP contribution in [0.25, 0.3) is 0 Å². The van der Waals surface area contributed by atoms with Gasteiger partial charge in [-0.3, -0.25) is 4.79 Å². The van der Waals surface area contributed by atoms with Crippen LogP contribution in [-0.2, 0) is 11.2 Å². The van der Waals surface area contributed by atoms with Crippen molar-refractivity contribution in [1.82, 2.24) is 10.6 Å². The highest BCUT2D eigenvalue weighted by Crippen LogP contribution is 2.13. The zero-order valence-electron chi connectivity index (χ0n) is 11.0. The molecule has 3 nitrogen and oxygen atoms in total. The molecule has 1 aliphatic rings. The van der Waals surface area contributed by atoms with Gasteiger partial charge in [0.1, 0.15) is 0 Å². The van der Waals surface area contributed by atoms with Gasteiger partial charge in [0.25, 0.3) is 0 Å². The van der Waals surface area contributed by atoms with Crippen LogP contribution in [0, 0.1) is 5.92 Å². The van der Waals surface area contributed by atoms with Gasteiger partial charge in [-0.1, -0.05) is 30.3 Å². The molecule has 0 radical (unpaired) electrons. The van der Waals surface area contributed by atoms with Crippen LogP contribution in [0.5, 0.6) is 0 Å². The Labute approximate surface area is 109 Å². The van der Waals surface area contributed by atoms with E-state index in [1.165, 1.54) is 5.56 Å². The summed E-state index contributed by atoms with van der Waals surface area (Å²) in [5.74, 6) is 0.349. The second kappa shape index (κ2) is 6.55. The average Bonchev–Trinajstić information content (AvgIpc) is 2.40. The monoisotopic (exact) mass is 246 g/mol. The SMILES string of the molecule is CC1CCC(C(=O)NCCc2ccccc2)CN1. The number of carbonyl (C=O) groups is 1. The Bertz CT molecular complexity index is 369. The van der Waals surface area contributed by atoms with Crippen LogP contribution in [0.4, 0.5) is 0 Å². The average molecular weight is 246 g/mol. The van der Waals surface area contributed by atoms with Gasteiger partial charge in [-0.05, 0) is 31.7 Å². The van der Waals surface area contributed by atoms with Crippen molar-refractivity contribution in [3.05, 3.63) is 35.9 Å². The number of nitrogens with one attached hydrogen (secondary N) is 2. The van der Waals surface area contributed by atoms with Crippen LogP contribution < -0.4 is 10.6 Å². The molecule has 2 unspecified atom stereocenters. The molecule has 0 spiro atoms. The molecule has 1 saturated heterocycles. The molecule has 0 aromatic heterocycles. The van der Waals surface area contributed by atoms with Gasteiger partial charge in [-0.2, -0.15) is 0 Å². The summed E-state index contributed by atoms with van der Waals surface area (Å²) in [4.78, 5) is 11.9. The Balaban J connectivity index is 1.69. The lowest BCUT2D eigenvalue weighted by Gasteiger charge is -2.26. The summed E-state index contributed by atoms with van der Waals surface area (Å²) >= 11 is 0. The summed E-state index contributed by atoms with van der Waals surface area (Å²) in [7, 11) is 0. The van der Waals surface area contributed by atoms with Gasteiger partial charge in [-0.15, -0.1) is 0 Å². The zero-order chi connectivity index (χ0) is 12.8. The van der Waals surface area contributed by atoms with Gasteiger partial charge in [0.2, 0.25) is 5.91 Å². The molecule has 2 atom stereocenters. The molecule has 2 N–H and O–H groups in total. The molecule has 0 bridgehead atoms. The molecule has 0 aliphatic carbocycles. The summed E-state index contributed by atoms with van der Waals surface area (Å²) < 4.78 is 0. The van der Waals surface area contributed by atoms with Crippen LogP contribution >= 0.6 is 0 Å². The van der Waals surface area contributed by atoms with E-state index < -0.39 is 0 Å². The maximum absolute atomic E-state index is 11.9. The second-order valence-electron chi connectivity index (χ2n) is 5.11. The predicted molar refractivity (Wildman–Crippen MR) is 73.3 cm³/mol. The third-order valence-corrected chi connectivity index (χ3v) is 3.59. The molecule has 3 heteroatoms. The topological polar surface area (TPSA) is 41.1 Å². The van der Waals surface area contributed by atoms with Gasteiger partial charge >= 0.3 is 0 Å². The van der Waals surface area contributed by atoms with Crippen molar-refractivity contribution in [3.8, 4) is 0 Å². The van der Waals surface area contributed by atoms with Gasteiger partial charge in [0, 0.05) is 19.1 Å². The van der Waals surface area contributed by atoms with Crippen molar-refractivity contribution in [3.63, 3.8) is 0 Å². The lowest BCUT2D eigenvalue weighted by Crippen LogP contribution is -2.44. The van der Waals surface area contributed by atoms with E-state index in [4.69, 9.17) is 0 Å². The number of benzene rings is 1. The Kier molecular flexibility index (Phi) is 4.76. The molecule has 1 aliphatic heterocycles. The molecule has 1 aromatic carbocycles. The van der Waals surface area contributed by atoms with E-state index in [0.717, 1.165) is 32.4 Å². The Morgan fingerprint density at radius 3 is 2.78 bits per heavy atom. The van der Waals surface area contributed by atoms with Crippen molar-refractivity contribution >= 4 is 5.91 Å². The van der Waals surface area contributed by atoms with Crippen LogP contribution in [-0.4, -0.2) is 25.0 Å². The van der Waals surface area contributed by atoms with Crippen LogP contribution in [0.15, 0.2) is 30.3 Å². The molecule has 2 rings (SSSR count). The number of hydrogen-bond donors (Lipinski definition) is 2.